The van der Waals surface area contributed by atoms with Crippen LogP contribution in [0.1, 0.15) is 22.3 Å². The van der Waals surface area contributed by atoms with Crippen molar-refractivity contribution in [2.75, 3.05) is 19.4 Å². The molecule has 2 amide bonds. The van der Waals surface area contributed by atoms with Crippen LogP contribution in [0.25, 0.3) is 0 Å². The Bertz CT molecular complexity index is 682. The van der Waals surface area contributed by atoms with Crippen LogP contribution in [0.5, 0.6) is 0 Å². The highest BCUT2D eigenvalue weighted by atomic mass is 79.9. The van der Waals surface area contributed by atoms with E-state index in [0.717, 1.165) is 10.2 Å². The molecule has 0 atom stereocenters. The molecule has 6 heteroatoms. The molecule has 1 aromatic heterocycles. The van der Waals surface area contributed by atoms with Gasteiger partial charge in [0.15, 0.2) is 0 Å². The summed E-state index contributed by atoms with van der Waals surface area (Å²) < 4.78 is 0.725. The fourth-order valence-electron chi connectivity index (χ4n) is 2.00. The lowest BCUT2D eigenvalue weighted by molar-refractivity contribution is -0.116. The maximum absolute atomic E-state index is 11.9. The molecule has 0 saturated heterocycles. The summed E-state index contributed by atoms with van der Waals surface area (Å²) in [5.74, 6) is -0.0976. The average molecular weight is 376 g/mol. The third kappa shape index (κ3) is 5.17. The topological polar surface area (TPSA) is 62.3 Å². The predicted molar refractivity (Wildman–Crippen MR) is 93.3 cm³/mol. The third-order valence-electron chi connectivity index (χ3n) is 3.26. The zero-order valence-corrected chi connectivity index (χ0v) is 14.6. The Hall–Kier alpha value is -2.21. The van der Waals surface area contributed by atoms with Crippen LogP contribution >= 0.6 is 15.9 Å². The first-order valence-electron chi connectivity index (χ1n) is 7.17. The van der Waals surface area contributed by atoms with Gasteiger partial charge in [-0.25, -0.2) is 4.98 Å². The van der Waals surface area contributed by atoms with Crippen molar-refractivity contribution in [3.8, 4) is 0 Å². The number of aromatic nitrogens is 1. The Morgan fingerprint density at radius 1 is 1.13 bits per heavy atom. The van der Waals surface area contributed by atoms with E-state index in [-0.39, 0.29) is 11.8 Å². The van der Waals surface area contributed by atoms with Crippen LogP contribution < -0.4 is 5.32 Å². The Morgan fingerprint density at radius 3 is 2.39 bits per heavy atom. The number of pyridine rings is 1. The molecule has 0 aliphatic rings. The smallest absolute Gasteiger partial charge is 0.253 e. The number of aryl methyl sites for hydroxylation is 1. The number of nitrogens with one attached hydrogen (secondary N) is 1. The molecule has 1 aromatic carbocycles. The van der Waals surface area contributed by atoms with Gasteiger partial charge >= 0.3 is 0 Å². The minimum absolute atomic E-state index is 0.0305. The molecular weight excluding hydrogens is 358 g/mol. The molecule has 2 rings (SSSR count). The number of anilines is 1. The molecule has 0 aliphatic heterocycles. The number of carbonyl (C=O) groups excluding carboxylic acids is 2. The Labute approximate surface area is 143 Å². The number of nitrogens with zero attached hydrogens (tertiary/aromatic N) is 2. The second kappa shape index (κ2) is 7.87. The zero-order chi connectivity index (χ0) is 16.8. The maximum atomic E-state index is 11.9. The summed E-state index contributed by atoms with van der Waals surface area (Å²) in [6.07, 6.45) is 2.59. The summed E-state index contributed by atoms with van der Waals surface area (Å²) in [6, 6.07) is 10.9. The average Bonchev–Trinajstić information content (AvgIpc) is 2.55. The maximum Gasteiger partial charge on any atom is 0.253 e. The molecule has 0 saturated carbocycles. The highest BCUT2D eigenvalue weighted by Crippen LogP contribution is 2.12. The van der Waals surface area contributed by atoms with Gasteiger partial charge in [-0.05, 0) is 52.2 Å². The molecule has 0 radical (unpaired) electrons. The van der Waals surface area contributed by atoms with E-state index in [4.69, 9.17) is 0 Å². The van der Waals surface area contributed by atoms with E-state index in [1.807, 2.05) is 12.1 Å². The van der Waals surface area contributed by atoms with E-state index in [1.165, 1.54) is 4.90 Å². The van der Waals surface area contributed by atoms with E-state index in [2.05, 4.69) is 26.2 Å². The lowest BCUT2D eigenvalue weighted by Crippen LogP contribution is -2.21. The van der Waals surface area contributed by atoms with Crippen molar-refractivity contribution in [2.45, 2.75) is 12.8 Å². The van der Waals surface area contributed by atoms with E-state index in [9.17, 15) is 9.59 Å². The molecule has 120 valence electrons. The SMILES string of the molecule is CN(C)C(=O)c1ccc(CCC(=O)Nc2ccc(Br)nc2)cc1. The van der Waals surface area contributed by atoms with Crippen molar-refractivity contribution in [3.05, 3.63) is 58.3 Å². The fraction of sp³-hybridized carbons (Fsp3) is 0.235. The van der Waals surface area contributed by atoms with Gasteiger partial charge in [0.05, 0.1) is 11.9 Å². The Balaban J connectivity index is 1.86. The van der Waals surface area contributed by atoms with Gasteiger partial charge in [-0.2, -0.15) is 0 Å². The zero-order valence-electron chi connectivity index (χ0n) is 13.0. The van der Waals surface area contributed by atoms with Crippen LogP contribution in [-0.4, -0.2) is 35.8 Å². The second-order valence-electron chi connectivity index (χ2n) is 5.31. The standard InChI is InChI=1S/C17H18BrN3O2/c1-21(2)17(23)13-6-3-12(4-7-13)5-10-16(22)20-14-8-9-15(18)19-11-14/h3-4,6-9,11H,5,10H2,1-2H3,(H,20,22). The van der Waals surface area contributed by atoms with Crippen LogP contribution in [0.3, 0.4) is 0 Å². The van der Waals surface area contributed by atoms with Crippen LogP contribution in [0, 0.1) is 0 Å². The number of hydrogen-bond donors (Lipinski definition) is 1. The summed E-state index contributed by atoms with van der Waals surface area (Å²) in [4.78, 5) is 29.3. The van der Waals surface area contributed by atoms with Crippen molar-refractivity contribution < 1.29 is 9.59 Å². The summed E-state index contributed by atoms with van der Waals surface area (Å²) >= 11 is 3.25. The van der Waals surface area contributed by atoms with Crippen LogP contribution in [0.2, 0.25) is 0 Å². The van der Waals surface area contributed by atoms with Gasteiger partial charge in [-0.1, -0.05) is 12.1 Å². The summed E-state index contributed by atoms with van der Waals surface area (Å²) in [5.41, 5.74) is 2.33. The first kappa shape index (κ1) is 17.1. The third-order valence-corrected chi connectivity index (χ3v) is 3.73. The molecule has 0 spiro atoms. The molecule has 0 fully saturated rings. The van der Waals surface area contributed by atoms with Gasteiger partial charge in [0.1, 0.15) is 4.60 Å². The number of carbonyl (C=O) groups is 2. The molecule has 2 aromatic rings. The van der Waals surface area contributed by atoms with Gasteiger partial charge < -0.3 is 10.2 Å². The van der Waals surface area contributed by atoms with Gasteiger partial charge in [0, 0.05) is 26.1 Å². The quantitative estimate of drug-likeness (QED) is 0.816. The number of benzene rings is 1. The fourth-order valence-corrected chi connectivity index (χ4v) is 2.24. The first-order chi connectivity index (χ1) is 11.0. The van der Waals surface area contributed by atoms with Crippen molar-refractivity contribution >= 4 is 33.4 Å². The minimum atomic E-state index is -0.0671. The number of amides is 2. The normalized spacial score (nSPS) is 10.2. The van der Waals surface area contributed by atoms with Crippen LogP contribution in [0.15, 0.2) is 47.2 Å². The van der Waals surface area contributed by atoms with E-state index in [1.54, 1.807) is 44.6 Å². The molecular formula is C17H18BrN3O2. The van der Waals surface area contributed by atoms with Gasteiger partial charge in [0.2, 0.25) is 5.91 Å². The van der Waals surface area contributed by atoms with E-state index in [0.29, 0.717) is 24.1 Å². The molecule has 1 N–H and O–H groups in total. The van der Waals surface area contributed by atoms with Crippen molar-refractivity contribution in [2.24, 2.45) is 0 Å². The largest absolute Gasteiger partial charge is 0.345 e. The van der Waals surface area contributed by atoms with Gasteiger partial charge in [-0.15, -0.1) is 0 Å². The van der Waals surface area contributed by atoms with E-state index < -0.39 is 0 Å². The highest BCUT2D eigenvalue weighted by molar-refractivity contribution is 9.10. The van der Waals surface area contributed by atoms with Gasteiger partial charge in [-0.3, -0.25) is 9.59 Å². The molecule has 5 nitrogen and oxygen atoms in total. The van der Waals surface area contributed by atoms with Crippen LogP contribution in [-0.2, 0) is 11.2 Å². The molecule has 0 bridgehead atoms. The molecule has 0 aliphatic carbocycles. The molecule has 1 heterocycles. The number of halogens is 1. The monoisotopic (exact) mass is 375 g/mol. The van der Waals surface area contributed by atoms with Crippen molar-refractivity contribution in [1.29, 1.82) is 0 Å². The lowest BCUT2D eigenvalue weighted by Gasteiger charge is -2.10. The molecule has 23 heavy (non-hydrogen) atoms. The first-order valence-corrected chi connectivity index (χ1v) is 7.97. The molecule has 0 unspecified atom stereocenters. The minimum Gasteiger partial charge on any atom is -0.345 e. The highest BCUT2D eigenvalue weighted by Gasteiger charge is 2.08. The summed E-state index contributed by atoms with van der Waals surface area (Å²) in [7, 11) is 3.44. The number of hydrogen-bond acceptors (Lipinski definition) is 3. The lowest BCUT2D eigenvalue weighted by atomic mass is 10.1. The van der Waals surface area contributed by atoms with E-state index >= 15 is 0 Å². The number of rotatable bonds is 5. The van der Waals surface area contributed by atoms with Crippen molar-refractivity contribution in [1.82, 2.24) is 9.88 Å². The van der Waals surface area contributed by atoms with Crippen LogP contribution in [0.4, 0.5) is 5.69 Å². The summed E-state index contributed by atoms with van der Waals surface area (Å²) in [6.45, 7) is 0. The second-order valence-corrected chi connectivity index (χ2v) is 6.13. The Kier molecular flexibility index (Phi) is 5.87. The van der Waals surface area contributed by atoms with Crippen molar-refractivity contribution in [3.63, 3.8) is 0 Å². The van der Waals surface area contributed by atoms with Gasteiger partial charge in [0.25, 0.3) is 5.91 Å². The Morgan fingerprint density at radius 2 is 1.83 bits per heavy atom. The predicted octanol–water partition coefficient (Wildman–Crippen LogP) is 3.12. The summed E-state index contributed by atoms with van der Waals surface area (Å²) in [5, 5.41) is 2.80.